The maximum absolute atomic E-state index is 6.05. The molecule has 1 heterocycles. The van der Waals surface area contributed by atoms with Crippen LogP contribution in [0.5, 0.6) is 5.75 Å². The number of aromatic nitrogens is 1. The van der Waals surface area contributed by atoms with E-state index in [0.29, 0.717) is 6.61 Å². The Morgan fingerprint density at radius 2 is 1.82 bits per heavy atom. The van der Waals surface area contributed by atoms with Gasteiger partial charge in [0.1, 0.15) is 11.6 Å². The normalized spacial score (nSPS) is 10.9. The van der Waals surface area contributed by atoms with Crippen LogP contribution < -0.4 is 10.1 Å². The second-order valence-corrected chi connectivity index (χ2v) is 5.64. The van der Waals surface area contributed by atoms with Gasteiger partial charge in [-0.2, -0.15) is 0 Å². The Labute approximate surface area is 131 Å². The zero-order chi connectivity index (χ0) is 15.5. The van der Waals surface area contributed by atoms with E-state index < -0.39 is 0 Å². The van der Waals surface area contributed by atoms with Crippen LogP contribution in [0.2, 0.25) is 0 Å². The number of fused-ring (bicyclic) bond motifs is 1. The molecule has 0 aliphatic carbocycles. The summed E-state index contributed by atoms with van der Waals surface area (Å²) in [4.78, 5) is 3.37. The summed E-state index contributed by atoms with van der Waals surface area (Å²) in [5.74, 6) is 1.94. The van der Waals surface area contributed by atoms with E-state index in [1.54, 1.807) is 0 Å². The van der Waals surface area contributed by atoms with Gasteiger partial charge in [-0.05, 0) is 25.5 Å². The summed E-state index contributed by atoms with van der Waals surface area (Å²) in [6, 6.07) is 14.8. The molecule has 0 radical (unpaired) electrons. The molecule has 2 aromatic carbocycles. The van der Waals surface area contributed by atoms with Gasteiger partial charge in [-0.1, -0.05) is 42.0 Å². The van der Waals surface area contributed by atoms with E-state index in [9.17, 15) is 0 Å². The first-order valence-corrected chi connectivity index (χ1v) is 7.66. The van der Waals surface area contributed by atoms with Crippen LogP contribution in [0.3, 0.4) is 0 Å². The minimum Gasteiger partial charge on any atom is -0.492 e. The number of anilines is 1. The first-order valence-electron chi connectivity index (χ1n) is 7.66. The number of hydrogen-bond acceptors (Lipinski definition) is 2. The molecule has 1 aromatic heterocycles. The molecule has 0 unspecified atom stereocenters. The van der Waals surface area contributed by atoms with Gasteiger partial charge in [0, 0.05) is 24.5 Å². The molecule has 0 saturated carbocycles. The molecule has 0 bridgehead atoms. The number of H-pyrrole nitrogens is 1. The third-order valence-corrected chi connectivity index (χ3v) is 4.01. The van der Waals surface area contributed by atoms with Crippen LogP contribution in [-0.2, 0) is 6.42 Å². The summed E-state index contributed by atoms with van der Waals surface area (Å²) < 4.78 is 6.05. The Balaban J connectivity index is 1.77. The monoisotopic (exact) mass is 294 g/mol. The van der Waals surface area contributed by atoms with Crippen LogP contribution in [0.1, 0.15) is 16.8 Å². The van der Waals surface area contributed by atoms with E-state index >= 15 is 0 Å². The average molecular weight is 294 g/mol. The molecule has 0 amide bonds. The number of aromatic amines is 1. The van der Waals surface area contributed by atoms with Gasteiger partial charge >= 0.3 is 0 Å². The van der Waals surface area contributed by atoms with Crippen molar-refractivity contribution in [3.05, 3.63) is 59.3 Å². The molecule has 0 saturated heterocycles. The lowest BCUT2D eigenvalue weighted by Crippen LogP contribution is -2.02. The van der Waals surface area contributed by atoms with Crippen molar-refractivity contribution in [1.29, 1.82) is 0 Å². The van der Waals surface area contributed by atoms with E-state index in [1.807, 2.05) is 19.2 Å². The number of nitrogens with one attached hydrogen (secondary N) is 2. The fourth-order valence-corrected chi connectivity index (χ4v) is 2.76. The van der Waals surface area contributed by atoms with Gasteiger partial charge in [0.15, 0.2) is 0 Å². The van der Waals surface area contributed by atoms with E-state index in [1.165, 1.54) is 16.5 Å². The number of benzene rings is 2. The SMILES string of the molecule is CNc1[nH]c(C)c2cccc(OCCc3ccc(C)cc3)c12. The maximum Gasteiger partial charge on any atom is 0.130 e. The minimum absolute atomic E-state index is 0.676. The van der Waals surface area contributed by atoms with E-state index in [-0.39, 0.29) is 0 Å². The van der Waals surface area contributed by atoms with Gasteiger partial charge in [-0.3, -0.25) is 0 Å². The number of aryl methyl sites for hydroxylation is 2. The van der Waals surface area contributed by atoms with Crippen molar-refractivity contribution in [2.45, 2.75) is 20.3 Å². The molecule has 0 aliphatic rings. The quantitative estimate of drug-likeness (QED) is 0.729. The van der Waals surface area contributed by atoms with Crippen molar-refractivity contribution in [1.82, 2.24) is 4.98 Å². The van der Waals surface area contributed by atoms with Crippen LogP contribution in [0, 0.1) is 13.8 Å². The molecule has 114 valence electrons. The number of rotatable bonds is 5. The Bertz CT molecular complexity index is 772. The molecule has 3 rings (SSSR count). The second-order valence-electron chi connectivity index (χ2n) is 5.64. The Morgan fingerprint density at radius 1 is 1.05 bits per heavy atom. The van der Waals surface area contributed by atoms with Crippen LogP contribution in [0.25, 0.3) is 10.8 Å². The molecule has 22 heavy (non-hydrogen) atoms. The van der Waals surface area contributed by atoms with Gasteiger partial charge < -0.3 is 15.0 Å². The van der Waals surface area contributed by atoms with Gasteiger partial charge in [0.05, 0.1) is 12.0 Å². The van der Waals surface area contributed by atoms with Gasteiger partial charge in [-0.25, -0.2) is 0 Å². The van der Waals surface area contributed by atoms with Crippen molar-refractivity contribution in [2.24, 2.45) is 0 Å². The molecule has 2 N–H and O–H groups in total. The molecule has 0 spiro atoms. The molecule has 3 heteroatoms. The average Bonchev–Trinajstić information content (AvgIpc) is 2.87. The van der Waals surface area contributed by atoms with Crippen molar-refractivity contribution in [2.75, 3.05) is 19.0 Å². The third-order valence-electron chi connectivity index (χ3n) is 4.01. The molecular weight excluding hydrogens is 272 g/mol. The maximum atomic E-state index is 6.05. The predicted octanol–water partition coefficient (Wildman–Crippen LogP) is 4.45. The summed E-state index contributed by atoms with van der Waals surface area (Å²) in [6.45, 7) is 4.86. The third kappa shape index (κ3) is 2.80. The van der Waals surface area contributed by atoms with Gasteiger partial charge in [0.25, 0.3) is 0 Å². The Hall–Kier alpha value is -2.42. The van der Waals surface area contributed by atoms with Crippen molar-refractivity contribution in [3.8, 4) is 5.75 Å². The van der Waals surface area contributed by atoms with E-state index in [4.69, 9.17) is 4.74 Å². The molecular formula is C19H22N2O. The summed E-state index contributed by atoms with van der Waals surface area (Å²) in [5, 5.41) is 5.55. The standard InChI is InChI=1S/C19H22N2O/c1-13-7-9-15(10-8-13)11-12-22-17-6-4-5-16-14(2)21-19(20-3)18(16)17/h4-10,20-21H,11-12H2,1-3H3. The largest absolute Gasteiger partial charge is 0.492 e. The molecule has 0 atom stereocenters. The molecule has 3 nitrogen and oxygen atoms in total. The highest BCUT2D eigenvalue weighted by atomic mass is 16.5. The first kappa shape index (κ1) is 14.5. The topological polar surface area (TPSA) is 37.0 Å². The smallest absolute Gasteiger partial charge is 0.130 e. The molecule has 0 fully saturated rings. The van der Waals surface area contributed by atoms with Crippen molar-refractivity contribution in [3.63, 3.8) is 0 Å². The fraction of sp³-hybridized carbons (Fsp3) is 0.263. The Kier molecular flexibility index (Phi) is 4.05. The summed E-state index contributed by atoms with van der Waals surface area (Å²) >= 11 is 0. The summed E-state index contributed by atoms with van der Waals surface area (Å²) in [6.07, 6.45) is 0.912. The number of hydrogen-bond donors (Lipinski definition) is 2. The second kappa shape index (κ2) is 6.14. The van der Waals surface area contributed by atoms with Crippen molar-refractivity contribution < 1.29 is 4.74 Å². The van der Waals surface area contributed by atoms with Crippen LogP contribution in [-0.4, -0.2) is 18.6 Å². The first-order chi connectivity index (χ1) is 10.7. The molecule has 3 aromatic rings. The number of ether oxygens (including phenoxy) is 1. The van der Waals surface area contributed by atoms with Crippen LogP contribution >= 0.6 is 0 Å². The zero-order valence-electron chi connectivity index (χ0n) is 13.4. The summed E-state index contributed by atoms with van der Waals surface area (Å²) in [7, 11) is 1.92. The lowest BCUT2D eigenvalue weighted by molar-refractivity contribution is 0.326. The highest BCUT2D eigenvalue weighted by Gasteiger charge is 2.11. The highest BCUT2D eigenvalue weighted by Crippen LogP contribution is 2.34. The van der Waals surface area contributed by atoms with Crippen LogP contribution in [0.4, 0.5) is 5.82 Å². The lowest BCUT2D eigenvalue weighted by Gasteiger charge is -2.09. The van der Waals surface area contributed by atoms with Crippen LogP contribution in [0.15, 0.2) is 42.5 Å². The fourth-order valence-electron chi connectivity index (χ4n) is 2.76. The minimum atomic E-state index is 0.676. The van der Waals surface area contributed by atoms with E-state index in [2.05, 4.69) is 54.5 Å². The summed E-state index contributed by atoms with van der Waals surface area (Å²) in [5.41, 5.74) is 3.75. The lowest BCUT2D eigenvalue weighted by atomic mass is 10.1. The Morgan fingerprint density at radius 3 is 2.55 bits per heavy atom. The zero-order valence-corrected chi connectivity index (χ0v) is 13.4. The van der Waals surface area contributed by atoms with Gasteiger partial charge in [0.2, 0.25) is 0 Å². The van der Waals surface area contributed by atoms with Gasteiger partial charge in [-0.15, -0.1) is 0 Å². The molecule has 0 aliphatic heterocycles. The van der Waals surface area contributed by atoms with Crippen molar-refractivity contribution >= 4 is 16.6 Å². The predicted molar refractivity (Wildman–Crippen MR) is 93.0 cm³/mol. The highest BCUT2D eigenvalue weighted by molar-refractivity contribution is 5.99. The van der Waals surface area contributed by atoms with E-state index in [0.717, 1.165) is 29.1 Å².